The number of nitrogens with zero attached hydrogens (tertiary/aromatic N) is 2. The Hall–Kier alpha value is -1.79. The summed E-state index contributed by atoms with van der Waals surface area (Å²) in [4.78, 5) is 18.8. The maximum Gasteiger partial charge on any atom is 0.243 e. The summed E-state index contributed by atoms with van der Waals surface area (Å²) in [5.74, 6) is 3.91. The van der Waals surface area contributed by atoms with E-state index in [9.17, 15) is 4.79 Å². The summed E-state index contributed by atoms with van der Waals surface area (Å²) in [6.07, 6.45) is 9.03. The van der Waals surface area contributed by atoms with Crippen LogP contribution in [0.2, 0.25) is 0 Å². The largest absolute Gasteiger partial charge is 0.356 e. The first-order valence-electron chi connectivity index (χ1n) is 9.64. The summed E-state index contributed by atoms with van der Waals surface area (Å²) in [7, 11) is 1.70. The quantitative estimate of drug-likeness (QED) is 0.178. The molecule has 0 bridgehead atoms. The molecule has 2 rings (SSSR count). The van der Waals surface area contributed by atoms with E-state index in [4.69, 9.17) is 6.42 Å². The van der Waals surface area contributed by atoms with E-state index < -0.39 is 0 Å². The fourth-order valence-corrected chi connectivity index (χ4v) is 3.07. The van der Waals surface area contributed by atoms with Crippen molar-refractivity contribution in [2.24, 2.45) is 10.9 Å². The number of benzene rings is 1. The van der Waals surface area contributed by atoms with Crippen molar-refractivity contribution < 1.29 is 4.79 Å². The second kappa shape index (κ2) is 13.4. The molecule has 1 aliphatic rings. The molecular weight excluding hydrogens is 465 g/mol. The van der Waals surface area contributed by atoms with Crippen molar-refractivity contribution in [2.45, 2.75) is 26.2 Å². The van der Waals surface area contributed by atoms with Crippen molar-refractivity contribution in [1.82, 2.24) is 15.5 Å². The molecule has 0 aliphatic carbocycles. The van der Waals surface area contributed by atoms with Crippen molar-refractivity contribution in [3.8, 4) is 12.3 Å². The molecule has 0 unspecified atom stereocenters. The number of terminal acetylenes is 1. The second-order valence-electron chi connectivity index (χ2n) is 7.00. The number of hydrogen-bond acceptors (Lipinski definition) is 3. The van der Waals surface area contributed by atoms with Gasteiger partial charge in [-0.05, 0) is 63.0 Å². The van der Waals surface area contributed by atoms with Gasteiger partial charge in [0.25, 0.3) is 0 Å². The third-order valence-corrected chi connectivity index (χ3v) is 4.77. The van der Waals surface area contributed by atoms with Gasteiger partial charge in [-0.3, -0.25) is 9.79 Å². The highest BCUT2D eigenvalue weighted by Crippen LogP contribution is 2.15. The molecule has 28 heavy (non-hydrogen) atoms. The van der Waals surface area contributed by atoms with E-state index in [1.165, 1.54) is 25.9 Å². The van der Waals surface area contributed by atoms with Gasteiger partial charge in [0.2, 0.25) is 5.91 Å². The monoisotopic (exact) mass is 497 g/mol. The lowest BCUT2D eigenvalue weighted by molar-refractivity contribution is -0.115. The fourth-order valence-electron chi connectivity index (χ4n) is 3.07. The molecular formula is C21H32IN5O. The number of nitrogens with one attached hydrogen (secondary N) is 3. The molecule has 1 amide bonds. The van der Waals surface area contributed by atoms with Crippen molar-refractivity contribution >= 4 is 41.5 Å². The van der Waals surface area contributed by atoms with E-state index in [1.807, 2.05) is 18.2 Å². The van der Waals surface area contributed by atoms with Gasteiger partial charge < -0.3 is 20.9 Å². The van der Waals surface area contributed by atoms with E-state index in [-0.39, 0.29) is 36.4 Å². The lowest BCUT2D eigenvalue weighted by Gasteiger charge is -2.30. The predicted octanol–water partition coefficient (Wildman–Crippen LogP) is 2.51. The Morgan fingerprint density at radius 3 is 2.75 bits per heavy atom. The zero-order chi connectivity index (χ0) is 19.5. The van der Waals surface area contributed by atoms with E-state index in [0.717, 1.165) is 31.0 Å². The lowest BCUT2D eigenvalue weighted by atomic mass is 9.99. The van der Waals surface area contributed by atoms with Crippen LogP contribution in [-0.2, 0) is 4.79 Å². The normalized spacial score (nSPS) is 15.2. The van der Waals surface area contributed by atoms with E-state index in [0.29, 0.717) is 11.6 Å². The SMILES string of the molecule is C#Cc1cccc(NC(=O)CNC(=NC)NCCCN2CCC(C)CC2)c1.I. The first-order chi connectivity index (χ1) is 13.1. The standard InChI is InChI=1S/C21H31N5O.HI/c1-4-18-7-5-8-19(15-18)25-20(27)16-24-21(22-3)23-11-6-12-26-13-9-17(2)10-14-26;/h1,5,7-8,15,17H,6,9-14,16H2,2-3H3,(H,25,27)(H2,22,23,24);1H. The van der Waals surface area contributed by atoms with E-state index in [1.54, 1.807) is 13.1 Å². The third kappa shape index (κ3) is 8.93. The molecule has 0 spiro atoms. The van der Waals surface area contributed by atoms with Crippen LogP contribution in [0.3, 0.4) is 0 Å². The van der Waals surface area contributed by atoms with Crippen LogP contribution in [0.15, 0.2) is 29.3 Å². The number of amides is 1. The highest BCUT2D eigenvalue weighted by molar-refractivity contribution is 14.0. The Kier molecular flexibility index (Phi) is 11.6. The maximum atomic E-state index is 12.1. The Morgan fingerprint density at radius 1 is 1.32 bits per heavy atom. The average Bonchev–Trinajstić information content (AvgIpc) is 2.69. The molecule has 1 aromatic rings. The van der Waals surface area contributed by atoms with Crippen LogP contribution in [0.1, 0.15) is 31.7 Å². The molecule has 0 atom stereocenters. The second-order valence-corrected chi connectivity index (χ2v) is 7.00. The van der Waals surface area contributed by atoms with Crippen LogP contribution in [-0.4, -0.2) is 56.5 Å². The maximum absolute atomic E-state index is 12.1. The number of likely N-dealkylation sites (tertiary alicyclic amines) is 1. The molecule has 0 radical (unpaired) electrons. The van der Waals surface area contributed by atoms with Crippen LogP contribution in [0.5, 0.6) is 0 Å². The average molecular weight is 497 g/mol. The minimum Gasteiger partial charge on any atom is -0.356 e. The van der Waals surface area contributed by atoms with Crippen molar-refractivity contribution in [1.29, 1.82) is 0 Å². The van der Waals surface area contributed by atoms with Gasteiger partial charge >= 0.3 is 0 Å². The number of rotatable bonds is 7. The third-order valence-electron chi connectivity index (χ3n) is 4.77. The van der Waals surface area contributed by atoms with Gasteiger partial charge in [0, 0.05) is 24.8 Å². The first kappa shape index (κ1) is 24.2. The summed E-state index contributed by atoms with van der Waals surface area (Å²) in [5, 5.41) is 9.12. The Morgan fingerprint density at radius 2 is 2.07 bits per heavy atom. The molecule has 1 fully saturated rings. The lowest BCUT2D eigenvalue weighted by Crippen LogP contribution is -2.42. The van der Waals surface area contributed by atoms with Crippen LogP contribution in [0, 0.1) is 18.3 Å². The molecule has 6 nitrogen and oxygen atoms in total. The molecule has 1 heterocycles. The Labute approximate surface area is 186 Å². The van der Waals surface area contributed by atoms with E-state index >= 15 is 0 Å². The highest BCUT2D eigenvalue weighted by Gasteiger charge is 2.14. The molecule has 1 saturated heterocycles. The van der Waals surface area contributed by atoms with Gasteiger partial charge in [0.1, 0.15) is 0 Å². The number of carbonyl (C=O) groups excluding carboxylic acids is 1. The Bertz CT molecular complexity index is 678. The van der Waals surface area contributed by atoms with Gasteiger partial charge in [0.05, 0.1) is 6.54 Å². The van der Waals surface area contributed by atoms with Gasteiger partial charge in [-0.15, -0.1) is 30.4 Å². The number of piperidine rings is 1. The van der Waals surface area contributed by atoms with Gasteiger partial charge in [-0.1, -0.05) is 18.9 Å². The summed E-state index contributed by atoms with van der Waals surface area (Å²) >= 11 is 0. The minimum atomic E-state index is -0.144. The van der Waals surface area contributed by atoms with Crippen molar-refractivity contribution in [3.05, 3.63) is 29.8 Å². The van der Waals surface area contributed by atoms with Crippen LogP contribution in [0.25, 0.3) is 0 Å². The molecule has 3 N–H and O–H groups in total. The number of carbonyl (C=O) groups is 1. The van der Waals surface area contributed by atoms with E-state index in [2.05, 4.69) is 38.7 Å². The molecule has 154 valence electrons. The Balaban J connectivity index is 0.00000392. The van der Waals surface area contributed by atoms with Gasteiger partial charge in [-0.25, -0.2) is 0 Å². The number of anilines is 1. The highest BCUT2D eigenvalue weighted by atomic mass is 127. The van der Waals surface area contributed by atoms with Crippen molar-refractivity contribution in [2.75, 3.05) is 45.1 Å². The summed E-state index contributed by atoms with van der Waals surface area (Å²) in [5.41, 5.74) is 1.43. The van der Waals surface area contributed by atoms with Crippen LogP contribution >= 0.6 is 24.0 Å². The zero-order valence-corrected chi connectivity index (χ0v) is 19.2. The topological polar surface area (TPSA) is 68.8 Å². The fraction of sp³-hybridized carbons (Fsp3) is 0.524. The molecule has 1 aromatic carbocycles. The number of hydrogen-bond donors (Lipinski definition) is 3. The molecule has 7 heteroatoms. The minimum absolute atomic E-state index is 0. The molecule has 1 aliphatic heterocycles. The van der Waals surface area contributed by atoms with Gasteiger partial charge in [0.15, 0.2) is 5.96 Å². The first-order valence-corrected chi connectivity index (χ1v) is 9.64. The molecule has 0 saturated carbocycles. The smallest absolute Gasteiger partial charge is 0.243 e. The summed E-state index contributed by atoms with van der Waals surface area (Å²) < 4.78 is 0. The number of aliphatic imine (C=N–C) groups is 1. The van der Waals surface area contributed by atoms with Crippen LogP contribution < -0.4 is 16.0 Å². The number of guanidine groups is 1. The zero-order valence-electron chi connectivity index (χ0n) is 16.8. The van der Waals surface area contributed by atoms with Gasteiger partial charge in [-0.2, -0.15) is 0 Å². The number of halogens is 1. The molecule has 0 aromatic heterocycles. The van der Waals surface area contributed by atoms with Crippen LogP contribution in [0.4, 0.5) is 5.69 Å². The van der Waals surface area contributed by atoms with Crippen molar-refractivity contribution in [3.63, 3.8) is 0 Å². The summed E-state index contributed by atoms with van der Waals surface area (Å²) in [6, 6.07) is 7.23. The predicted molar refractivity (Wildman–Crippen MR) is 127 cm³/mol. The summed E-state index contributed by atoms with van der Waals surface area (Å²) in [6.45, 7) is 6.81.